The number of amides is 3. The van der Waals surface area contributed by atoms with Crippen LogP contribution in [0, 0.1) is 0 Å². The van der Waals surface area contributed by atoms with Gasteiger partial charge in [-0.1, -0.05) is 34.7 Å². The average Bonchev–Trinajstić information content (AvgIpc) is 3.03. The number of carbonyl (C=O) groups excluding carboxylic acids is 3. The molecule has 0 bridgehead atoms. The van der Waals surface area contributed by atoms with E-state index in [9.17, 15) is 14.4 Å². The molecule has 188 valence electrons. The summed E-state index contributed by atoms with van der Waals surface area (Å²) in [5, 5.41) is 7.82. The molecule has 1 aromatic rings. The highest BCUT2D eigenvalue weighted by atomic mass is 33.1. The number of aromatic nitrogens is 2. The minimum absolute atomic E-state index is 0.000237. The van der Waals surface area contributed by atoms with Crippen LogP contribution in [-0.4, -0.2) is 44.1 Å². The summed E-state index contributed by atoms with van der Waals surface area (Å²) in [5.74, 6) is -0.397. The summed E-state index contributed by atoms with van der Waals surface area (Å²) >= 11 is 0. The van der Waals surface area contributed by atoms with Gasteiger partial charge in [0.25, 0.3) is 5.91 Å². The molecule has 0 atom stereocenters. The maximum Gasteiger partial charge on any atom is 0.413 e. The van der Waals surface area contributed by atoms with Crippen molar-refractivity contribution < 1.29 is 19.1 Å². The van der Waals surface area contributed by atoms with Crippen LogP contribution in [0.25, 0.3) is 0 Å². The number of ether oxygens (including phenoxy) is 1. The third-order valence-electron chi connectivity index (χ3n) is 4.03. The van der Waals surface area contributed by atoms with Crippen LogP contribution in [0.4, 0.5) is 10.6 Å². The Kier molecular flexibility index (Phi) is 11.0. The zero-order chi connectivity index (χ0) is 26.1. The van der Waals surface area contributed by atoms with E-state index in [4.69, 9.17) is 4.74 Å². The van der Waals surface area contributed by atoms with Crippen molar-refractivity contribution >= 4 is 45.3 Å². The predicted octanol–water partition coefficient (Wildman–Crippen LogP) is 4.77. The highest BCUT2D eigenvalue weighted by Crippen LogP contribution is 2.36. The summed E-state index contributed by atoms with van der Waals surface area (Å²) in [6.07, 6.45) is 7.03. The molecule has 0 aliphatic carbocycles. The number of carbonyl (C=O) groups is 3. The van der Waals surface area contributed by atoms with Crippen LogP contribution >= 0.6 is 21.6 Å². The summed E-state index contributed by atoms with van der Waals surface area (Å²) in [7, 11) is 5.03. The fraction of sp³-hybridized carbons (Fsp3) is 0.478. The van der Waals surface area contributed by atoms with Gasteiger partial charge in [0.05, 0.1) is 0 Å². The average molecular weight is 510 g/mol. The van der Waals surface area contributed by atoms with Gasteiger partial charge in [0.1, 0.15) is 5.60 Å². The molecule has 0 aliphatic heterocycles. The number of nitrogens with one attached hydrogen (secondary N) is 3. The summed E-state index contributed by atoms with van der Waals surface area (Å²) < 4.78 is 6.64. The van der Waals surface area contributed by atoms with E-state index in [1.165, 1.54) is 16.8 Å². The lowest BCUT2D eigenvalue weighted by molar-refractivity contribution is -0.120. The highest BCUT2D eigenvalue weighted by molar-refractivity contribution is 8.76. The molecular weight excluding hydrogens is 474 g/mol. The lowest BCUT2D eigenvalue weighted by Gasteiger charge is -2.21. The van der Waals surface area contributed by atoms with E-state index in [2.05, 4.69) is 47.9 Å². The molecule has 34 heavy (non-hydrogen) atoms. The third kappa shape index (κ3) is 11.5. The highest BCUT2D eigenvalue weighted by Gasteiger charge is 2.20. The predicted molar refractivity (Wildman–Crippen MR) is 141 cm³/mol. The minimum Gasteiger partial charge on any atom is -0.444 e. The maximum absolute atomic E-state index is 12.5. The van der Waals surface area contributed by atoms with Gasteiger partial charge < -0.3 is 19.9 Å². The molecular formula is C23H35N5O4S2. The Morgan fingerprint density at radius 2 is 1.71 bits per heavy atom. The lowest BCUT2D eigenvalue weighted by atomic mass is 10.1. The van der Waals surface area contributed by atoms with Gasteiger partial charge in [0.2, 0.25) is 11.7 Å². The summed E-state index contributed by atoms with van der Waals surface area (Å²) in [6.45, 7) is 17.0. The largest absolute Gasteiger partial charge is 0.444 e. The van der Waals surface area contributed by atoms with Gasteiger partial charge in [-0.15, -0.1) is 0 Å². The quantitative estimate of drug-likeness (QED) is 0.291. The van der Waals surface area contributed by atoms with Gasteiger partial charge in [-0.05, 0) is 59.4 Å². The summed E-state index contributed by atoms with van der Waals surface area (Å²) in [4.78, 5) is 40.7. The Hall–Kier alpha value is -2.66. The van der Waals surface area contributed by atoms with E-state index in [-0.39, 0.29) is 28.0 Å². The zero-order valence-corrected chi connectivity index (χ0v) is 22.5. The first kappa shape index (κ1) is 29.4. The van der Waals surface area contributed by atoms with Crippen molar-refractivity contribution in [1.82, 2.24) is 20.2 Å². The molecule has 0 saturated carbocycles. The number of anilines is 1. The first-order valence-corrected chi connectivity index (χ1v) is 13.1. The molecule has 0 unspecified atom stereocenters. The number of hydrogen-bond acceptors (Lipinski definition) is 7. The number of rotatable bonds is 11. The van der Waals surface area contributed by atoms with E-state index in [0.717, 1.165) is 6.42 Å². The number of allylic oxidation sites excluding steroid dienone is 2. The normalized spacial score (nSPS) is 11.7. The topological polar surface area (TPSA) is 114 Å². The standard InChI is InChI=1S/C23H35N5O4S2/c1-15(24-18(29)12-13-23(6,7)34-33-9)10-11-16(2)25-20(30)19-26-17(14-28(19)8)27-21(31)32-22(3,4)5/h10-11,14H,1-2,12-13H2,3-9H3,(H,24,29)(H,25,30)(H,27,31)/b11-10-. The van der Waals surface area contributed by atoms with Gasteiger partial charge in [-0.3, -0.25) is 14.9 Å². The van der Waals surface area contributed by atoms with Crippen molar-refractivity contribution in [2.24, 2.45) is 7.05 Å². The Labute approximate surface area is 209 Å². The van der Waals surface area contributed by atoms with Crippen molar-refractivity contribution in [2.75, 3.05) is 11.6 Å². The van der Waals surface area contributed by atoms with Crippen molar-refractivity contribution in [3.05, 3.63) is 48.7 Å². The van der Waals surface area contributed by atoms with E-state index < -0.39 is 17.6 Å². The second kappa shape index (κ2) is 12.7. The Bertz CT molecular complexity index is 961. The number of nitrogens with zero attached hydrogens (tertiary/aromatic N) is 2. The molecule has 3 N–H and O–H groups in total. The Morgan fingerprint density at radius 1 is 1.12 bits per heavy atom. The molecule has 11 heteroatoms. The smallest absolute Gasteiger partial charge is 0.413 e. The molecule has 0 saturated heterocycles. The number of aryl methyl sites for hydroxylation is 1. The van der Waals surface area contributed by atoms with Crippen molar-refractivity contribution in [1.29, 1.82) is 0 Å². The third-order valence-corrected chi connectivity index (χ3v) is 6.71. The summed E-state index contributed by atoms with van der Waals surface area (Å²) in [5.41, 5.74) is 0.00959. The van der Waals surface area contributed by atoms with E-state index in [1.54, 1.807) is 55.5 Å². The fourth-order valence-electron chi connectivity index (χ4n) is 2.56. The van der Waals surface area contributed by atoms with Gasteiger partial charge >= 0.3 is 6.09 Å². The number of hydrogen-bond donors (Lipinski definition) is 3. The van der Waals surface area contributed by atoms with Crippen LogP contribution in [0.5, 0.6) is 0 Å². The zero-order valence-electron chi connectivity index (χ0n) is 20.9. The Morgan fingerprint density at radius 3 is 2.26 bits per heavy atom. The molecule has 0 radical (unpaired) electrons. The van der Waals surface area contributed by atoms with Crippen LogP contribution in [0.1, 0.15) is 58.1 Å². The second-order valence-electron chi connectivity index (χ2n) is 9.08. The molecule has 9 nitrogen and oxygen atoms in total. The van der Waals surface area contributed by atoms with Crippen LogP contribution in [0.2, 0.25) is 0 Å². The van der Waals surface area contributed by atoms with E-state index in [0.29, 0.717) is 12.1 Å². The van der Waals surface area contributed by atoms with Crippen molar-refractivity contribution in [2.45, 2.75) is 57.8 Å². The van der Waals surface area contributed by atoms with E-state index in [1.807, 2.05) is 6.26 Å². The maximum atomic E-state index is 12.5. The molecule has 0 spiro atoms. The van der Waals surface area contributed by atoms with Gasteiger partial charge in [0.15, 0.2) is 5.82 Å². The second-order valence-corrected chi connectivity index (χ2v) is 12.2. The first-order valence-electron chi connectivity index (χ1n) is 10.5. The molecule has 0 aliphatic rings. The molecule has 3 amide bonds. The summed E-state index contributed by atoms with van der Waals surface area (Å²) in [6, 6.07) is 0. The van der Waals surface area contributed by atoms with Crippen LogP contribution in [0.3, 0.4) is 0 Å². The lowest BCUT2D eigenvalue weighted by Crippen LogP contribution is -2.27. The molecule has 1 aromatic heterocycles. The monoisotopic (exact) mass is 509 g/mol. The van der Waals surface area contributed by atoms with Gasteiger partial charge in [-0.25, -0.2) is 9.78 Å². The van der Waals surface area contributed by atoms with Crippen molar-refractivity contribution in [3.63, 3.8) is 0 Å². The SMILES string of the molecule is C=C(/C=C\C(=C)NC(=O)c1nc(NC(=O)OC(C)(C)C)cn1C)NC(=O)CCC(C)(C)SSC. The van der Waals surface area contributed by atoms with Crippen LogP contribution < -0.4 is 16.0 Å². The molecule has 1 heterocycles. The van der Waals surface area contributed by atoms with Crippen LogP contribution in [-0.2, 0) is 16.6 Å². The molecule has 0 aromatic carbocycles. The molecule has 0 fully saturated rings. The van der Waals surface area contributed by atoms with Crippen molar-refractivity contribution in [3.8, 4) is 0 Å². The van der Waals surface area contributed by atoms with Gasteiger partial charge in [-0.2, -0.15) is 0 Å². The molecule has 1 rings (SSSR count). The minimum atomic E-state index is -0.669. The van der Waals surface area contributed by atoms with Crippen LogP contribution in [0.15, 0.2) is 42.9 Å². The van der Waals surface area contributed by atoms with Gasteiger partial charge in [0, 0.05) is 35.8 Å². The Balaban J connectivity index is 2.58. The fourth-order valence-corrected chi connectivity index (χ4v) is 4.80. The number of imidazole rings is 1. The first-order chi connectivity index (χ1) is 15.6. The van der Waals surface area contributed by atoms with E-state index >= 15 is 0 Å².